The van der Waals surface area contributed by atoms with E-state index >= 15 is 0 Å². The molecule has 0 aromatic heterocycles. The first-order chi connectivity index (χ1) is 28.5. The predicted octanol–water partition coefficient (Wildman–Crippen LogP) is 5.82. The number of hydrogen-bond donors (Lipinski definition) is 1. The fourth-order valence-electron chi connectivity index (χ4n) is 5.18. The van der Waals surface area contributed by atoms with Crippen molar-refractivity contribution in [1.29, 1.82) is 0 Å². The van der Waals surface area contributed by atoms with E-state index in [1.54, 1.807) is 18.2 Å². The highest BCUT2D eigenvalue weighted by Gasteiger charge is 2.12. The van der Waals surface area contributed by atoms with Crippen LogP contribution in [0, 0.1) is 30.6 Å². The molecule has 12 nitrogen and oxygen atoms in total. The zero-order valence-corrected chi connectivity index (χ0v) is 32.8. The molecule has 0 unspecified atom stereocenters. The van der Waals surface area contributed by atoms with E-state index in [0.29, 0.717) is 121 Å². The fourth-order valence-corrected chi connectivity index (χ4v) is 5.18. The summed E-state index contributed by atoms with van der Waals surface area (Å²) < 4.78 is 58.0. The number of rotatable bonds is 1. The zero-order valence-electron chi connectivity index (χ0n) is 32.8. The van der Waals surface area contributed by atoms with E-state index in [1.807, 2.05) is 61.5 Å². The van der Waals surface area contributed by atoms with Crippen LogP contribution in [-0.2, 0) is 28.4 Å². The number of hydrogen-bond acceptors (Lipinski definition) is 11. The van der Waals surface area contributed by atoms with Crippen molar-refractivity contribution in [3.05, 3.63) is 118 Å². The highest BCUT2D eigenvalue weighted by atomic mass is 16.6. The molecule has 0 fully saturated rings. The molecule has 58 heavy (non-hydrogen) atoms. The molecule has 0 amide bonds. The van der Waals surface area contributed by atoms with E-state index in [2.05, 4.69) is 23.7 Å². The summed E-state index contributed by atoms with van der Waals surface area (Å²) in [5.74, 6) is 14.2. The second-order valence-electron chi connectivity index (χ2n) is 12.6. The minimum Gasteiger partial charge on any atom is -0.491 e. The second kappa shape index (κ2) is 25.6. The maximum absolute atomic E-state index is 11.4. The summed E-state index contributed by atoms with van der Waals surface area (Å²) in [4.78, 5) is 11.4. The van der Waals surface area contributed by atoms with Crippen LogP contribution >= 0.6 is 0 Å². The SMILES string of the molecule is Cc1ccc(C#Cc2cc3c(C#Cc4ccc(C(=O)O)cc4)cc2OCCOCCOCCOCCOc2ccc(cc2)OCCOCCOCCOCCO3)cc1. The van der Waals surface area contributed by atoms with Crippen LogP contribution in [0.3, 0.4) is 0 Å². The first kappa shape index (κ1) is 43.6. The summed E-state index contributed by atoms with van der Waals surface area (Å²) >= 11 is 0. The van der Waals surface area contributed by atoms with Crippen molar-refractivity contribution < 1.29 is 57.3 Å². The van der Waals surface area contributed by atoms with Crippen molar-refractivity contribution in [3.8, 4) is 46.7 Å². The summed E-state index contributed by atoms with van der Waals surface area (Å²) in [6.07, 6.45) is 0. The molecule has 8 rings (SSSR count). The largest absolute Gasteiger partial charge is 0.491 e. The average molecular weight is 795 g/mol. The smallest absolute Gasteiger partial charge is 0.335 e. The van der Waals surface area contributed by atoms with Crippen molar-refractivity contribution in [2.45, 2.75) is 6.92 Å². The summed E-state index contributed by atoms with van der Waals surface area (Å²) in [6, 6.07) is 25.3. The first-order valence-corrected chi connectivity index (χ1v) is 19.2. The van der Waals surface area contributed by atoms with Gasteiger partial charge in [0, 0.05) is 23.3 Å². The molecular weight excluding hydrogens is 744 g/mol. The molecular formula is C46H50O12. The second-order valence-corrected chi connectivity index (χ2v) is 12.6. The average Bonchev–Trinajstić information content (AvgIpc) is 3.24. The molecule has 306 valence electrons. The van der Waals surface area contributed by atoms with Crippen LogP contribution in [0.1, 0.15) is 38.2 Å². The fraction of sp³-hybridized carbons (Fsp3) is 0.370. The molecule has 0 aliphatic carbocycles. The van der Waals surface area contributed by atoms with Gasteiger partial charge in [-0.3, -0.25) is 0 Å². The van der Waals surface area contributed by atoms with E-state index in [0.717, 1.165) is 22.6 Å². The van der Waals surface area contributed by atoms with Gasteiger partial charge >= 0.3 is 5.97 Å². The highest BCUT2D eigenvalue weighted by molar-refractivity contribution is 5.87. The number of aromatic carboxylic acids is 1. The Kier molecular flexibility index (Phi) is 19.2. The zero-order chi connectivity index (χ0) is 40.5. The number of ether oxygens (including phenoxy) is 10. The van der Waals surface area contributed by atoms with Crippen LogP contribution in [0.5, 0.6) is 23.0 Å². The monoisotopic (exact) mass is 794 g/mol. The minimum absolute atomic E-state index is 0.178. The summed E-state index contributed by atoms with van der Waals surface area (Å²) in [7, 11) is 0. The molecule has 4 aromatic carbocycles. The molecule has 12 heteroatoms. The number of carboxylic acid groups (broad SMARTS) is 1. The van der Waals surface area contributed by atoms with Gasteiger partial charge in [0.05, 0.1) is 96.0 Å². The van der Waals surface area contributed by atoms with Crippen molar-refractivity contribution >= 4 is 5.97 Å². The molecule has 4 aromatic rings. The molecule has 0 spiro atoms. The minimum atomic E-state index is -1.01. The van der Waals surface area contributed by atoms with Gasteiger partial charge in [0.25, 0.3) is 0 Å². The summed E-state index contributed by atoms with van der Waals surface area (Å²) in [6.45, 7) is 8.14. The predicted molar refractivity (Wildman–Crippen MR) is 216 cm³/mol. The molecule has 4 aliphatic heterocycles. The van der Waals surface area contributed by atoms with Gasteiger partial charge in [-0.25, -0.2) is 4.79 Å². The lowest BCUT2D eigenvalue weighted by Crippen LogP contribution is -2.15. The van der Waals surface area contributed by atoms with Crippen molar-refractivity contribution in [3.63, 3.8) is 0 Å². The third-order valence-electron chi connectivity index (χ3n) is 8.22. The van der Waals surface area contributed by atoms with Crippen molar-refractivity contribution in [1.82, 2.24) is 0 Å². The maximum atomic E-state index is 11.4. The molecule has 0 atom stereocenters. The van der Waals surface area contributed by atoms with E-state index in [-0.39, 0.29) is 18.8 Å². The van der Waals surface area contributed by atoms with Crippen LogP contribution in [0.25, 0.3) is 0 Å². The van der Waals surface area contributed by atoms with Gasteiger partial charge in [-0.2, -0.15) is 0 Å². The number of benzene rings is 4. The molecule has 1 N–H and O–H groups in total. The van der Waals surface area contributed by atoms with Crippen LogP contribution < -0.4 is 18.9 Å². The van der Waals surface area contributed by atoms with Crippen LogP contribution in [0.15, 0.2) is 84.9 Å². The lowest BCUT2D eigenvalue weighted by Gasteiger charge is -2.14. The van der Waals surface area contributed by atoms with Crippen LogP contribution in [-0.4, -0.2) is 117 Å². The maximum Gasteiger partial charge on any atom is 0.335 e. The topological polar surface area (TPSA) is 130 Å². The van der Waals surface area contributed by atoms with Crippen LogP contribution in [0.4, 0.5) is 0 Å². The van der Waals surface area contributed by atoms with Gasteiger partial charge in [-0.15, -0.1) is 0 Å². The Bertz CT molecular complexity index is 1940. The lowest BCUT2D eigenvalue weighted by atomic mass is 10.1. The summed E-state index contributed by atoms with van der Waals surface area (Å²) in [5, 5.41) is 9.30. The van der Waals surface area contributed by atoms with Gasteiger partial charge in [0.2, 0.25) is 0 Å². The molecule has 0 radical (unpaired) electrons. The normalized spacial score (nSPS) is 15.9. The molecule has 4 bridgehead atoms. The van der Waals surface area contributed by atoms with Gasteiger partial charge < -0.3 is 52.5 Å². The molecule has 0 saturated carbocycles. The Morgan fingerprint density at radius 1 is 0.431 bits per heavy atom. The van der Waals surface area contributed by atoms with E-state index in [1.165, 1.54) is 12.1 Å². The van der Waals surface area contributed by atoms with Crippen molar-refractivity contribution in [2.75, 3.05) is 106 Å². The Morgan fingerprint density at radius 2 is 0.759 bits per heavy atom. The van der Waals surface area contributed by atoms with E-state index in [4.69, 9.17) is 47.4 Å². The quantitative estimate of drug-likeness (QED) is 0.233. The van der Waals surface area contributed by atoms with E-state index in [9.17, 15) is 9.90 Å². The standard InChI is InChI=1S/C46H50O12/c1-36-2-4-37(5-3-36)8-12-40-34-45-41(13-9-38-6-10-39(11-7-38)46(47)48)35-44(40)57-32-28-53-24-20-49-18-22-51-26-30-55-42-14-16-43(17-15-42)56-31-27-52-23-19-50-21-25-54-29-33-58-45/h2-7,10-11,14-17,34-35H,18-33H2,1H3,(H,47,48). The van der Waals surface area contributed by atoms with Gasteiger partial charge in [0.1, 0.15) is 49.4 Å². The Hall–Kier alpha value is -5.57. The van der Waals surface area contributed by atoms with E-state index < -0.39 is 5.97 Å². The van der Waals surface area contributed by atoms with Crippen molar-refractivity contribution in [2.24, 2.45) is 0 Å². The number of aryl methyl sites for hydroxylation is 1. The highest BCUT2D eigenvalue weighted by Crippen LogP contribution is 2.29. The Morgan fingerprint density at radius 3 is 1.12 bits per heavy atom. The van der Waals surface area contributed by atoms with Crippen LogP contribution in [0.2, 0.25) is 0 Å². The molecule has 4 aliphatic rings. The Balaban J connectivity index is 1.25. The van der Waals surface area contributed by atoms with Gasteiger partial charge in [-0.1, -0.05) is 41.4 Å². The third kappa shape index (κ3) is 16.5. The Labute approximate surface area is 340 Å². The van der Waals surface area contributed by atoms with Gasteiger partial charge in [0.15, 0.2) is 0 Å². The number of carboxylic acids is 1. The lowest BCUT2D eigenvalue weighted by molar-refractivity contribution is 0.00466. The third-order valence-corrected chi connectivity index (χ3v) is 8.22. The van der Waals surface area contributed by atoms with Gasteiger partial charge in [-0.05, 0) is 67.6 Å². The molecule has 4 heterocycles. The number of carbonyl (C=O) groups is 1. The summed E-state index contributed by atoms with van der Waals surface area (Å²) in [5.41, 5.74) is 3.98. The molecule has 0 saturated heterocycles. The first-order valence-electron chi connectivity index (χ1n) is 19.2.